The van der Waals surface area contributed by atoms with Crippen molar-refractivity contribution < 1.29 is 9.47 Å². The lowest BCUT2D eigenvalue weighted by atomic mass is 10.0. The third-order valence-corrected chi connectivity index (χ3v) is 7.32. The number of fused-ring (bicyclic) bond motifs is 2. The minimum atomic E-state index is 0.440. The fourth-order valence-corrected chi connectivity index (χ4v) is 5.31. The van der Waals surface area contributed by atoms with Gasteiger partial charge in [0.05, 0.1) is 42.9 Å². The van der Waals surface area contributed by atoms with Crippen LogP contribution in [0.3, 0.4) is 0 Å². The molecule has 196 valence electrons. The van der Waals surface area contributed by atoms with Gasteiger partial charge in [0.2, 0.25) is 5.95 Å². The van der Waals surface area contributed by atoms with Gasteiger partial charge in [0.15, 0.2) is 0 Å². The van der Waals surface area contributed by atoms with Crippen molar-refractivity contribution in [2.24, 2.45) is 0 Å². The summed E-state index contributed by atoms with van der Waals surface area (Å²) in [4.78, 5) is 23.6. The van der Waals surface area contributed by atoms with Gasteiger partial charge in [0.25, 0.3) is 0 Å². The van der Waals surface area contributed by atoms with Crippen LogP contribution in [0.15, 0.2) is 79.4 Å². The molecule has 0 saturated carbocycles. The Morgan fingerprint density at radius 2 is 1.74 bits per heavy atom. The molecule has 0 atom stereocenters. The minimum absolute atomic E-state index is 0.440. The van der Waals surface area contributed by atoms with Crippen LogP contribution in [0.5, 0.6) is 0 Å². The highest BCUT2D eigenvalue weighted by Crippen LogP contribution is 2.39. The largest absolute Gasteiger partial charge is 0.378 e. The van der Waals surface area contributed by atoms with E-state index in [0.29, 0.717) is 26.6 Å². The zero-order valence-corrected chi connectivity index (χ0v) is 21.6. The highest BCUT2D eigenvalue weighted by atomic mass is 16.5. The van der Waals surface area contributed by atoms with E-state index in [2.05, 4.69) is 45.1 Å². The minimum Gasteiger partial charge on any atom is -0.378 e. The number of aromatic nitrogens is 5. The molecule has 0 N–H and O–H groups in total. The Kier molecular flexibility index (Phi) is 6.36. The molecular weight excluding hydrogens is 490 g/mol. The molecule has 5 aromatic rings. The van der Waals surface area contributed by atoms with Gasteiger partial charge in [-0.25, -0.2) is 9.97 Å². The van der Waals surface area contributed by atoms with Gasteiger partial charge in [-0.2, -0.15) is 4.98 Å². The Hall–Kier alpha value is -4.34. The molecule has 1 fully saturated rings. The summed E-state index contributed by atoms with van der Waals surface area (Å²) in [5.41, 5.74) is 7.36. The number of nitrogens with zero attached hydrogens (tertiary/aromatic N) is 7. The second kappa shape index (κ2) is 10.4. The molecule has 0 radical (unpaired) electrons. The molecule has 0 bridgehead atoms. The van der Waals surface area contributed by atoms with Crippen LogP contribution < -0.4 is 9.80 Å². The number of imidazole rings is 1. The van der Waals surface area contributed by atoms with Gasteiger partial charge in [0, 0.05) is 48.8 Å². The van der Waals surface area contributed by atoms with Crippen LogP contribution in [0.25, 0.3) is 22.3 Å². The summed E-state index contributed by atoms with van der Waals surface area (Å²) in [6, 6.07) is 20.6. The second-order valence-electron chi connectivity index (χ2n) is 9.76. The van der Waals surface area contributed by atoms with E-state index in [-0.39, 0.29) is 0 Å². The maximum Gasteiger partial charge on any atom is 0.228 e. The van der Waals surface area contributed by atoms with Gasteiger partial charge in [-0.1, -0.05) is 36.4 Å². The first-order chi connectivity index (χ1) is 19.3. The topological polar surface area (TPSA) is 81.4 Å². The molecule has 0 spiro atoms. The van der Waals surface area contributed by atoms with Crippen molar-refractivity contribution in [1.82, 2.24) is 24.5 Å². The van der Waals surface area contributed by atoms with Crippen molar-refractivity contribution in [1.29, 1.82) is 0 Å². The Morgan fingerprint density at radius 3 is 2.59 bits per heavy atom. The third-order valence-electron chi connectivity index (χ3n) is 7.32. The van der Waals surface area contributed by atoms with E-state index < -0.39 is 0 Å². The smallest absolute Gasteiger partial charge is 0.228 e. The van der Waals surface area contributed by atoms with Gasteiger partial charge < -0.3 is 23.8 Å². The molecule has 0 unspecified atom stereocenters. The number of pyridine rings is 1. The molecule has 2 aliphatic heterocycles. The molecule has 9 heteroatoms. The lowest BCUT2D eigenvalue weighted by Crippen LogP contribution is -2.37. The zero-order valence-electron chi connectivity index (χ0n) is 21.6. The van der Waals surface area contributed by atoms with Crippen LogP contribution in [0.1, 0.15) is 11.1 Å². The zero-order chi connectivity index (χ0) is 26.0. The third kappa shape index (κ3) is 4.71. The summed E-state index contributed by atoms with van der Waals surface area (Å²) in [5, 5.41) is 0. The molecule has 2 aliphatic rings. The van der Waals surface area contributed by atoms with Crippen LogP contribution in [-0.2, 0) is 29.2 Å². The Balaban J connectivity index is 1.22. The fourth-order valence-electron chi connectivity index (χ4n) is 5.31. The van der Waals surface area contributed by atoms with Crippen LogP contribution >= 0.6 is 0 Å². The predicted molar refractivity (Wildman–Crippen MR) is 150 cm³/mol. The SMILES string of the molecule is c1ccc(COCn2cnc3cc(-c4nc(N5CCOCC5)nc5c4CCN5c4ccncc4)ccc32)cc1. The average Bonchev–Trinajstić information content (AvgIpc) is 3.62. The van der Waals surface area contributed by atoms with E-state index in [1.54, 1.807) is 0 Å². The number of benzene rings is 2. The van der Waals surface area contributed by atoms with Crippen molar-refractivity contribution in [3.05, 3.63) is 90.5 Å². The second-order valence-corrected chi connectivity index (χ2v) is 9.76. The molecular formula is C30H29N7O2. The monoisotopic (exact) mass is 519 g/mol. The Bertz CT molecular complexity index is 1580. The molecule has 3 aromatic heterocycles. The van der Waals surface area contributed by atoms with E-state index in [0.717, 1.165) is 76.9 Å². The number of ether oxygens (including phenoxy) is 2. The summed E-state index contributed by atoms with van der Waals surface area (Å²) >= 11 is 0. The van der Waals surface area contributed by atoms with Gasteiger partial charge in [-0.3, -0.25) is 4.98 Å². The van der Waals surface area contributed by atoms with Gasteiger partial charge in [-0.05, 0) is 36.2 Å². The molecule has 7 rings (SSSR count). The molecule has 0 amide bonds. The molecule has 2 aromatic carbocycles. The number of morpholine rings is 1. The Labute approximate surface area is 226 Å². The van der Waals surface area contributed by atoms with E-state index in [4.69, 9.17) is 24.4 Å². The molecule has 5 heterocycles. The van der Waals surface area contributed by atoms with Crippen molar-refractivity contribution >= 4 is 28.5 Å². The van der Waals surface area contributed by atoms with Gasteiger partial charge in [0.1, 0.15) is 12.5 Å². The van der Waals surface area contributed by atoms with Crippen LogP contribution in [0.2, 0.25) is 0 Å². The van der Waals surface area contributed by atoms with Gasteiger partial charge >= 0.3 is 0 Å². The van der Waals surface area contributed by atoms with E-state index in [1.165, 1.54) is 0 Å². The summed E-state index contributed by atoms with van der Waals surface area (Å²) in [6.07, 6.45) is 6.36. The standard InChI is InChI=1S/C30H29N7O2/c1-2-4-22(5-3-1)19-39-21-36-20-32-26-18-23(6-7-27(26)36)28-25-10-13-37(24-8-11-31-12-9-24)29(25)34-30(33-28)35-14-16-38-17-15-35/h1-9,11-12,18,20H,10,13-17,19,21H2. The summed E-state index contributed by atoms with van der Waals surface area (Å²) in [6.45, 7) is 4.77. The van der Waals surface area contributed by atoms with Crippen molar-refractivity contribution in [2.45, 2.75) is 19.8 Å². The quantitative estimate of drug-likeness (QED) is 0.309. The van der Waals surface area contributed by atoms with Crippen molar-refractivity contribution in [3.63, 3.8) is 0 Å². The maximum atomic E-state index is 5.96. The molecule has 0 aliphatic carbocycles. The predicted octanol–water partition coefficient (Wildman–Crippen LogP) is 4.59. The van der Waals surface area contributed by atoms with Crippen molar-refractivity contribution in [3.8, 4) is 11.3 Å². The average molecular weight is 520 g/mol. The van der Waals surface area contributed by atoms with Crippen LogP contribution in [-0.4, -0.2) is 57.4 Å². The number of hydrogen-bond acceptors (Lipinski definition) is 8. The lowest BCUT2D eigenvalue weighted by molar-refractivity contribution is 0.0664. The summed E-state index contributed by atoms with van der Waals surface area (Å²) < 4.78 is 13.6. The fraction of sp³-hybridized carbons (Fsp3) is 0.267. The molecule has 1 saturated heterocycles. The molecule has 9 nitrogen and oxygen atoms in total. The van der Waals surface area contributed by atoms with Crippen LogP contribution in [0.4, 0.5) is 17.5 Å². The Morgan fingerprint density at radius 1 is 0.897 bits per heavy atom. The summed E-state index contributed by atoms with van der Waals surface area (Å²) in [7, 11) is 0. The summed E-state index contributed by atoms with van der Waals surface area (Å²) in [5.74, 6) is 1.71. The van der Waals surface area contributed by atoms with Crippen molar-refractivity contribution in [2.75, 3.05) is 42.6 Å². The van der Waals surface area contributed by atoms with Crippen LogP contribution in [0, 0.1) is 0 Å². The van der Waals surface area contributed by atoms with E-state index in [1.807, 2.05) is 53.6 Å². The lowest BCUT2D eigenvalue weighted by Gasteiger charge is -2.28. The molecule has 39 heavy (non-hydrogen) atoms. The van der Waals surface area contributed by atoms with Gasteiger partial charge in [-0.15, -0.1) is 0 Å². The van der Waals surface area contributed by atoms with E-state index in [9.17, 15) is 0 Å². The number of anilines is 3. The first-order valence-electron chi connectivity index (χ1n) is 13.3. The number of rotatable bonds is 7. The highest BCUT2D eigenvalue weighted by molar-refractivity contribution is 5.84. The number of hydrogen-bond donors (Lipinski definition) is 0. The first-order valence-corrected chi connectivity index (χ1v) is 13.3. The maximum absolute atomic E-state index is 5.96. The first kappa shape index (κ1) is 23.8. The van der Waals surface area contributed by atoms with E-state index >= 15 is 0 Å². The normalized spacial score (nSPS) is 15.2. The highest BCUT2D eigenvalue weighted by Gasteiger charge is 2.29.